The summed E-state index contributed by atoms with van der Waals surface area (Å²) in [6.45, 7) is 10.3. The first-order chi connectivity index (χ1) is 13.4. The predicted octanol–water partition coefficient (Wildman–Crippen LogP) is 5.80. The Morgan fingerprint density at radius 3 is 2.32 bits per heavy atom. The van der Waals surface area contributed by atoms with Crippen LogP contribution in [0.25, 0.3) is 10.8 Å². The summed E-state index contributed by atoms with van der Waals surface area (Å²) >= 11 is 0. The fourth-order valence-electron chi connectivity index (χ4n) is 3.56. The lowest BCUT2D eigenvalue weighted by atomic mass is 9.96. The van der Waals surface area contributed by atoms with Crippen molar-refractivity contribution in [3.05, 3.63) is 76.9 Å². The van der Waals surface area contributed by atoms with Gasteiger partial charge in [-0.2, -0.15) is 0 Å². The van der Waals surface area contributed by atoms with Gasteiger partial charge in [0.1, 0.15) is 5.75 Å². The molecule has 3 heteroatoms. The van der Waals surface area contributed by atoms with Gasteiger partial charge < -0.3 is 10.1 Å². The number of rotatable bonds is 6. The van der Waals surface area contributed by atoms with Gasteiger partial charge >= 0.3 is 0 Å². The third-order valence-electron chi connectivity index (χ3n) is 5.37. The Bertz CT molecular complexity index is 993. The van der Waals surface area contributed by atoms with Crippen LogP contribution in [-0.2, 0) is 4.79 Å². The number of benzene rings is 3. The standard InChI is InChI=1S/C25H29NO2/c1-6-24(28-22-12-11-20-9-7-8-10-21(20)15-22)25(27)26-19(5)23-14-17(3)16(2)13-18(23)4/h7-15,19,24H,6H2,1-5H3,(H,26,27)/t19-,24-/m1/s1. The Hall–Kier alpha value is -2.81. The highest BCUT2D eigenvalue weighted by atomic mass is 16.5. The van der Waals surface area contributed by atoms with E-state index in [1.807, 2.05) is 50.2 Å². The van der Waals surface area contributed by atoms with Crippen LogP contribution in [0.15, 0.2) is 54.6 Å². The molecule has 0 aliphatic heterocycles. The van der Waals surface area contributed by atoms with Crippen LogP contribution in [0.5, 0.6) is 5.75 Å². The molecule has 28 heavy (non-hydrogen) atoms. The molecule has 0 aromatic heterocycles. The molecule has 3 rings (SSSR count). The van der Waals surface area contributed by atoms with E-state index in [4.69, 9.17) is 4.74 Å². The molecule has 0 saturated carbocycles. The molecule has 3 aromatic carbocycles. The average molecular weight is 376 g/mol. The Morgan fingerprint density at radius 1 is 0.929 bits per heavy atom. The minimum Gasteiger partial charge on any atom is -0.481 e. The van der Waals surface area contributed by atoms with Crippen molar-refractivity contribution in [1.29, 1.82) is 0 Å². The van der Waals surface area contributed by atoms with Crippen molar-refractivity contribution in [1.82, 2.24) is 5.32 Å². The van der Waals surface area contributed by atoms with Crippen LogP contribution in [0.2, 0.25) is 0 Å². The van der Waals surface area contributed by atoms with Crippen molar-refractivity contribution in [2.45, 2.75) is 53.2 Å². The van der Waals surface area contributed by atoms with Gasteiger partial charge in [0.15, 0.2) is 6.10 Å². The maximum absolute atomic E-state index is 12.9. The minimum absolute atomic E-state index is 0.0685. The number of carbonyl (C=O) groups excluding carboxylic acids is 1. The quantitative estimate of drug-likeness (QED) is 0.591. The van der Waals surface area contributed by atoms with Gasteiger partial charge in [0.2, 0.25) is 0 Å². The summed E-state index contributed by atoms with van der Waals surface area (Å²) in [5.74, 6) is 0.636. The number of amides is 1. The predicted molar refractivity (Wildman–Crippen MR) is 116 cm³/mol. The van der Waals surface area contributed by atoms with Crippen molar-refractivity contribution >= 4 is 16.7 Å². The van der Waals surface area contributed by atoms with Crippen LogP contribution in [0.1, 0.15) is 48.6 Å². The van der Waals surface area contributed by atoms with E-state index in [2.05, 4.69) is 44.3 Å². The molecular weight excluding hydrogens is 346 g/mol. The highest BCUT2D eigenvalue weighted by Gasteiger charge is 2.21. The van der Waals surface area contributed by atoms with Crippen molar-refractivity contribution in [2.24, 2.45) is 0 Å². The number of hydrogen-bond acceptors (Lipinski definition) is 2. The second-order valence-corrected chi connectivity index (χ2v) is 7.55. The van der Waals surface area contributed by atoms with Gasteiger partial charge in [-0.3, -0.25) is 4.79 Å². The molecule has 0 bridgehead atoms. The summed E-state index contributed by atoms with van der Waals surface area (Å²) in [7, 11) is 0. The molecule has 1 amide bonds. The van der Waals surface area contributed by atoms with Crippen molar-refractivity contribution in [3.63, 3.8) is 0 Å². The molecule has 3 aromatic rings. The van der Waals surface area contributed by atoms with Gasteiger partial charge in [-0.25, -0.2) is 0 Å². The van der Waals surface area contributed by atoms with Crippen LogP contribution >= 0.6 is 0 Å². The monoisotopic (exact) mass is 375 g/mol. The number of hydrogen-bond donors (Lipinski definition) is 1. The lowest BCUT2D eigenvalue weighted by Crippen LogP contribution is -2.39. The van der Waals surface area contributed by atoms with Crippen molar-refractivity contribution in [3.8, 4) is 5.75 Å². The maximum Gasteiger partial charge on any atom is 0.261 e. The lowest BCUT2D eigenvalue weighted by Gasteiger charge is -2.22. The molecule has 0 saturated heterocycles. The van der Waals surface area contributed by atoms with Gasteiger partial charge in [0, 0.05) is 0 Å². The zero-order chi connectivity index (χ0) is 20.3. The van der Waals surface area contributed by atoms with E-state index in [9.17, 15) is 4.79 Å². The Labute approximate surface area is 167 Å². The summed E-state index contributed by atoms with van der Waals surface area (Å²) in [4.78, 5) is 12.9. The van der Waals surface area contributed by atoms with Crippen molar-refractivity contribution < 1.29 is 9.53 Å². The van der Waals surface area contributed by atoms with E-state index in [1.54, 1.807) is 0 Å². The number of nitrogens with one attached hydrogen (secondary N) is 1. The van der Waals surface area contributed by atoms with Gasteiger partial charge in [0.05, 0.1) is 6.04 Å². The summed E-state index contributed by atoms with van der Waals surface area (Å²) in [5, 5.41) is 5.39. The van der Waals surface area contributed by atoms with Crippen LogP contribution in [0, 0.1) is 20.8 Å². The number of carbonyl (C=O) groups is 1. The maximum atomic E-state index is 12.9. The molecule has 146 valence electrons. The molecule has 0 heterocycles. The summed E-state index contributed by atoms with van der Waals surface area (Å²) < 4.78 is 6.03. The molecule has 1 N–H and O–H groups in total. The van der Waals surface area contributed by atoms with E-state index in [-0.39, 0.29) is 11.9 Å². The summed E-state index contributed by atoms with van der Waals surface area (Å²) in [5.41, 5.74) is 4.85. The van der Waals surface area contributed by atoms with E-state index < -0.39 is 6.10 Å². The zero-order valence-corrected chi connectivity index (χ0v) is 17.4. The SMILES string of the molecule is CC[C@@H](Oc1ccc2ccccc2c1)C(=O)N[C@H](C)c1cc(C)c(C)cc1C. The van der Waals surface area contributed by atoms with Gasteiger partial charge in [-0.1, -0.05) is 49.4 Å². The zero-order valence-electron chi connectivity index (χ0n) is 17.4. The molecular formula is C25H29NO2. The molecule has 0 aliphatic rings. The highest BCUT2D eigenvalue weighted by molar-refractivity contribution is 5.84. The van der Waals surface area contributed by atoms with E-state index in [0.29, 0.717) is 6.42 Å². The second kappa shape index (κ2) is 8.47. The molecule has 0 spiro atoms. The Morgan fingerprint density at radius 2 is 1.61 bits per heavy atom. The van der Waals surface area contributed by atoms with Gasteiger partial charge in [0.25, 0.3) is 5.91 Å². The Balaban J connectivity index is 1.73. The third kappa shape index (κ3) is 4.36. The topological polar surface area (TPSA) is 38.3 Å². The van der Waals surface area contributed by atoms with E-state index in [1.165, 1.54) is 16.7 Å². The summed E-state index contributed by atoms with van der Waals surface area (Å²) in [6.07, 6.45) is 0.0903. The van der Waals surface area contributed by atoms with Crippen LogP contribution < -0.4 is 10.1 Å². The number of aryl methyl sites for hydroxylation is 3. The normalized spacial score (nSPS) is 13.2. The Kier molecular flexibility index (Phi) is 6.03. The highest BCUT2D eigenvalue weighted by Crippen LogP contribution is 2.24. The van der Waals surface area contributed by atoms with Crippen LogP contribution in [-0.4, -0.2) is 12.0 Å². The largest absolute Gasteiger partial charge is 0.481 e. The molecule has 0 aliphatic carbocycles. The van der Waals surface area contributed by atoms with Gasteiger partial charge in [-0.15, -0.1) is 0 Å². The molecule has 0 unspecified atom stereocenters. The molecule has 0 radical (unpaired) electrons. The fourth-order valence-corrected chi connectivity index (χ4v) is 3.56. The first-order valence-electron chi connectivity index (χ1n) is 9.92. The third-order valence-corrected chi connectivity index (χ3v) is 5.37. The average Bonchev–Trinajstić information content (AvgIpc) is 2.68. The van der Waals surface area contributed by atoms with Crippen LogP contribution in [0.4, 0.5) is 0 Å². The number of fused-ring (bicyclic) bond motifs is 1. The molecule has 2 atom stereocenters. The van der Waals surface area contributed by atoms with E-state index in [0.717, 1.165) is 22.1 Å². The molecule has 3 nitrogen and oxygen atoms in total. The minimum atomic E-state index is -0.518. The van der Waals surface area contributed by atoms with Gasteiger partial charge in [-0.05, 0) is 79.3 Å². The first kappa shape index (κ1) is 19.9. The van der Waals surface area contributed by atoms with Crippen molar-refractivity contribution in [2.75, 3.05) is 0 Å². The fraction of sp³-hybridized carbons (Fsp3) is 0.320. The van der Waals surface area contributed by atoms with E-state index >= 15 is 0 Å². The first-order valence-corrected chi connectivity index (χ1v) is 9.92. The van der Waals surface area contributed by atoms with Crippen LogP contribution in [0.3, 0.4) is 0 Å². The lowest BCUT2D eigenvalue weighted by molar-refractivity contribution is -0.128. The summed E-state index contributed by atoms with van der Waals surface area (Å²) in [6, 6.07) is 18.3. The number of ether oxygens (including phenoxy) is 1. The smallest absolute Gasteiger partial charge is 0.261 e. The molecule has 0 fully saturated rings. The second-order valence-electron chi connectivity index (χ2n) is 7.55.